The Labute approximate surface area is 262 Å². The summed E-state index contributed by atoms with van der Waals surface area (Å²) < 4.78 is 4.44. The van der Waals surface area contributed by atoms with Gasteiger partial charge in [0.05, 0.1) is 11.2 Å². The highest BCUT2D eigenvalue weighted by atomic mass is 15.1. The zero-order valence-corrected chi connectivity index (χ0v) is 25.8. The lowest BCUT2D eigenvalue weighted by atomic mass is 9.82. The molecule has 0 bridgehead atoms. The van der Waals surface area contributed by atoms with E-state index in [9.17, 15) is 0 Å². The van der Waals surface area contributed by atoms with Crippen molar-refractivity contribution in [2.24, 2.45) is 0 Å². The first-order chi connectivity index (χ1) is 21.9. The molecule has 45 heavy (non-hydrogen) atoms. The molecule has 8 aromatic rings. The van der Waals surface area contributed by atoms with Crippen LogP contribution in [0.15, 0.2) is 122 Å². The summed E-state index contributed by atoms with van der Waals surface area (Å²) in [4.78, 5) is 9.08. The van der Waals surface area contributed by atoms with Gasteiger partial charge < -0.3 is 4.57 Å². The molecule has 4 nitrogen and oxygen atoms in total. The lowest BCUT2D eigenvalue weighted by molar-refractivity contribution is 0.659. The smallest absolute Gasteiger partial charge is 0.234 e. The Hall–Kier alpha value is -5.48. The van der Waals surface area contributed by atoms with Gasteiger partial charge in [0.1, 0.15) is 0 Å². The number of aromatic nitrogens is 4. The molecule has 0 atom stereocenters. The summed E-state index contributed by atoms with van der Waals surface area (Å²) in [5, 5.41) is 3.82. The highest BCUT2D eigenvalue weighted by molar-refractivity contribution is 6.12. The lowest BCUT2D eigenvalue weighted by Gasteiger charge is -2.22. The van der Waals surface area contributed by atoms with Crippen LogP contribution in [0.4, 0.5) is 0 Å². The fraction of sp³-hybridized carbons (Fsp3) is 0.122. The van der Waals surface area contributed by atoms with Gasteiger partial charge >= 0.3 is 0 Å². The minimum atomic E-state index is -0.0466. The number of rotatable bonds is 3. The van der Waals surface area contributed by atoms with E-state index in [1.165, 1.54) is 72.0 Å². The molecule has 5 aromatic carbocycles. The van der Waals surface area contributed by atoms with E-state index in [4.69, 9.17) is 4.98 Å². The van der Waals surface area contributed by atoms with Crippen LogP contribution in [0.1, 0.15) is 36.2 Å². The summed E-state index contributed by atoms with van der Waals surface area (Å²) in [5.41, 5.74) is 15.0. The summed E-state index contributed by atoms with van der Waals surface area (Å²) in [7, 11) is 0. The van der Waals surface area contributed by atoms with E-state index in [1.807, 2.05) is 22.9 Å². The average molecular weight is 581 g/mol. The van der Waals surface area contributed by atoms with Crippen LogP contribution in [0.5, 0.6) is 0 Å². The quantitative estimate of drug-likeness (QED) is 0.208. The average Bonchev–Trinajstić information content (AvgIpc) is 3.69. The van der Waals surface area contributed by atoms with Gasteiger partial charge in [0.2, 0.25) is 5.78 Å². The topological polar surface area (TPSA) is 35.1 Å². The highest BCUT2D eigenvalue weighted by Crippen LogP contribution is 2.49. The number of nitrogens with zero attached hydrogens (tertiary/aromatic N) is 4. The maximum absolute atomic E-state index is 4.71. The predicted molar refractivity (Wildman–Crippen MR) is 185 cm³/mol. The van der Waals surface area contributed by atoms with E-state index >= 15 is 0 Å². The Kier molecular flexibility index (Phi) is 5.34. The number of hydrogen-bond donors (Lipinski definition) is 0. The van der Waals surface area contributed by atoms with Gasteiger partial charge in [-0.15, -0.1) is 0 Å². The normalized spacial score (nSPS) is 13.5. The number of imidazole rings is 1. The zero-order chi connectivity index (χ0) is 30.4. The molecule has 0 fully saturated rings. The van der Waals surface area contributed by atoms with Crippen molar-refractivity contribution in [1.29, 1.82) is 0 Å². The third kappa shape index (κ3) is 3.66. The summed E-state index contributed by atoms with van der Waals surface area (Å²) in [6, 6.07) is 37.9. The van der Waals surface area contributed by atoms with Gasteiger partial charge in [0.15, 0.2) is 0 Å². The Morgan fingerprint density at radius 1 is 0.644 bits per heavy atom. The summed E-state index contributed by atoms with van der Waals surface area (Å²) in [6.45, 7) is 9.22. The van der Waals surface area contributed by atoms with Crippen LogP contribution < -0.4 is 0 Å². The minimum Gasteiger partial charge on any atom is -0.313 e. The molecule has 0 unspecified atom stereocenters. The third-order valence-corrected chi connectivity index (χ3v) is 10.1. The molecule has 0 spiro atoms. The minimum absolute atomic E-state index is 0.0466. The van der Waals surface area contributed by atoms with E-state index in [2.05, 4.69) is 134 Å². The van der Waals surface area contributed by atoms with Crippen molar-refractivity contribution in [3.8, 4) is 39.2 Å². The number of fused-ring (bicyclic) bond motifs is 7. The van der Waals surface area contributed by atoms with E-state index < -0.39 is 0 Å². The molecule has 3 aromatic heterocycles. The van der Waals surface area contributed by atoms with Crippen molar-refractivity contribution in [3.05, 3.63) is 144 Å². The number of benzene rings is 5. The molecular weight excluding hydrogens is 548 g/mol. The Morgan fingerprint density at radius 3 is 2.24 bits per heavy atom. The van der Waals surface area contributed by atoms with E-state index in [0.717, 1.165) is 11.3 Å². The van der Waals surface area contributed by atoms with Gasteiger partial charge in [-0.05, 0) is 76.4 Å². The number of hydrogen-bond acceptors (Lipinski definition) is 2. The maximum atomic E-state index is 4.71. The monoisotopic (exact) mass is 580 g/mol. The molecule has 1 aliphatic rings. The Morgan fingerprint density at radius 2 is 1.40 bits per heavy atom. The van der Waals surface area contributed by atoms with Crippen molar-refractivity contribution in [2.75, 3.05) is 0 Å². The molecule has 0 radical (unpaired) electrons. The molecule has 0 aliphatic heterocycles. The van der Waals surface area contributed by atoms with Crippen molar-refractivity contribution < 1.29 is 0 Å². The third-order valence-electron chi connectivity index (χ3n) is 10.1. The molecule has 4 heteroatoms. The fourth-order valence-corrected chi connectivity index (χ4v) is 7.61. The molecule has 9 rings (SSSR count). The first-order valence-corrected chi connectivity index (χ1v) is 15.6. The highest BCUT2D eigenvalue weighted by Gasteiger charge is 2.35. The zero-order valence-electron chi connectivity index (χ0n) is 25.8. The first kappa shape index (κ1) is 26.0. The van der Waals surface area contributed by atoms with E-state index in [1.54, 1.807) is 6.20 Å². The van der Waals surface area contributed by atoms with Gasteiger partial charge in [0, 0.05) is 51.7 Å². The molecule has 0 saturated carbocycles. The fourth-order valence-electron chi connectivity index (χ4n) is 7.61. The summed E-state index contributed by atoms with van der Waals surface area (Å²) in [6.07, 6.45) is 5.78. The van der Waals surface area contributed by atoms with Crippen molar-refractivity contribution in [2.45, 2.75) is 33.1 Å². The number of aryl methyl sites for hydroxylation is 1. The van der Waals surface area contributed by atoms with E-state index in [-0.39, 0.29) is 5.41 Å². The molecule has 3 heterocycles. The Balaban J connectivity index is 1.20. The van der Waals surface area contributed by atoms with Crippen LogP contribution in [-0.4, -0.2) is 18.9 Å². The van der Waals surface area contributed by atoms with Crippen LogP contribution in [0.3, 0.4) is 0 Å². The molecule has 0 saturated heterocycles. The van der Waals surface area contributed by atoms with Crippen molar-refractivity contribution in [1.82, 2.24) is 18.9 Å². The second-order valence-electron chi connectivity index (χ2n) is 12.8. The van der Waals surface area contributed by atoms with E-state index in [0.29, 0.717) is 5.78 Å². The SMILES string of the molecule is Cc1c(C)n(-c2ccc3c(c2)C(C)(C)c2ccccc2-3)c2c1ccc1c(-c3ccc(-c4cn5cccnc5n4)cc3)cccc12. The summed E-state index contributed by atoms with van der Waals surface area (Å²) in [5.74, 6) is 0.708. The van der Waals surface area contributed by atoms with Crippen LogP contribution >= 0.6 is 0 Å². The first-order valence-electron chi connectivity index (χ1n) is 15.6. The van der Waals surface area contributed by atoms with Gasteiger partial charge in [-0.25, -0.2) is 9.97 Å². The standard InChI is InChI=1S/C41H32N4/c1-25-26(2)45(29-17-18-34-33-9-5-6-12-36(33)41(3,4)37(34)23-29)39-30(25)19-20-32-31(10-7-11-35(32)39)27-13-15-28(16-14-27)38-24-44-22-8-21-42-40(44)43-38/h5-24H,1-4H3. The van der Waals surface area contributed by atoms with Crippen LogP contribution in [-0.2, 0) is 5.41 Å². The van der Waals surface area contributed by atoms with Crippen molar-refractivity contribution in [3.63, 3.8) is 0 Å². The predicted octanol–water partition coefficient (Wildman–Crippen LogP) is 10.1. The van der Waals surface area contributed by atoms with Crippen LogP contribution in [0.2, 0.25) is 0 Å². The second kappa shape index (κ2) is 9.26. The lowest BCUT2D eigenvalue weighted by Crippen LogP contribution is -2.15. The van der Waals surface area contributed by atoms with Gasteiger partial charge in [-0.3, -0.25) is 4.40 Å². The second-order valence-corrected chi connectivity index (χ2v) is 12.8. The molecule has 0 N–H and O–H groups in total. The van der Waals surface area contributed by atoms with Crippen LogP contribution in [0.25, 0.3) is 66.7 Å². The van der Waals surface area contributed by atoms with Gasteiger partial charge in [-0.2, -0.15) is 0 Å². The van der Waals surface area contributed by atoms with Crippen LogP contribution in [0, 0.1) is 13.8 Å². The molecule has 0 amide bonds. The molecule has 1 aliphatic carbocycles. The molecule has 216 valence electrons. The largest absolute Gasteiger partial charge is 0.313 e. The van der Waals surface area contributed by atoms with Crippen molar-refractivity contribution >= 4 is 27.5 Å². The van der Waals surface area contributed by atoms with Gasteiger partial charge in [0.25, 0.3) is 0 Å². The van der Waals surface area contributed by atoms with Gasteiger partial charge in [-0.1, -0.05) is 98.8 Å². The Bertz CT molecular complexity index is 2440. The molecular formula is C41H32N4. The summed E-state index contributed by atoms with van der Waals surface area (Å²) >= 11 is 0. The maximum Gasteiger partial charge on any atom is 0.234 e.